The first-order valence-electron chi connectivity index (χ1n) is 5.60. The third kappa shape index (κ3) is 1.33. The lowest BCUT2D eigenvalue weighted by molar-refractivity contribution is -0.165. The Balaban J connectivity index is 1.88. The molecule has 6 nitrogen and oxygen atoms in total. The Bertz CT molecular complexity index is 416. The average Bonchev–Trinajstić information content (AvgIpc) is 2.88. The van der Waals surface area contributed by atoms with Crippen LogP contribution < -0.4 is 0 Å². The minimum atomic E-state index is -0.843. The lowest BCUT2D eigenvalue weighted by Crippen LogP contribution is -2.44. The molecule has 0 radical (unpaired) electrons. The van der Waals surface area contributed by atoms with E-state index in [0.29, 0.717) is 12.8 Å². The quantitative estimate of drug-likeness (QED) is 0.491. The van der Waals surface area contributed by atoms with Crippen molar-refractivity contribution in [1.29, 1.82) is 0 Å². The van der Waals surface area contributed by atoms with Crippen LogP contribution in [0.2, 0.25) is 0 Å². The maximum absolute atomic E-state index is 11.6. The van der Waals surface area contributed by atoms with E-state index in [0.717, 1.165) is 0 Å². The maximum Gasteiger partial charge on any atom is 0.320 e. The number of esters is 3. The standard InChI is InChI=1S/C11H12O6/c1-5(12)15-4-11-3-2-6(17-11)7-8(11)10(14)16-9(7)13/h6-8H,2-4H2,1H3/t6-,7-,8+,11-/m1/s1. The summed E-state index contributed by atoms with van der Waals surface area (Å²) in [5.41, 5.74) is -0.843. The number of carbonyl (C=O) groups excluding carboxylic acids is 3. The highest BCUT2D eigenvalue weighted by molar-refractivity contribution is 5.98. The lowest BCUT2D eigenvalue weighted by Gasteiger charge is -2.28. The van der Waals surface area contributed by atoms with Crippen LogP contribution in [-0.4, -0.2) is 36.2 Å². The molecule has 0 amide bonds. The van der Waals surface area contributed by atoms with Gasteiger partial charge in [-0.1, -0.05) is 0 Å². The Hall–Kier alpha value is -1.43. The smallest absolute Gasteiger partial charge is 0.320 e. The zero-order valence-corrected chi connectivity index (χ0v) is 9.30. The molecule has 2 bridgehead atoms. The summed E-state index contributed by atoms with van der Waals surface area (Å²) < 4.78 is 15.3. The van der Waals surface area contributed by atoms with Crippen molar-refractivity contribution < 1.29 is 28.6 Å². The van der Waals surface area contributed by atoms with Gasteiger partial charge in [-0.15, -0.1) is 0 Å². The van der Waals surface area contributed by atoms with Crippen LogP contribution in [0, 0.1) is 11.8 Å². The zero-order chi connectivity index (χ0) is 12.2. The van der Waals surface area contributed by atoms with Crippen molar-refractivity contribution in [3.63, 3.8) is 0 Å². The van der Waals surface area contributed by atoms with Gasteiger partial charge in [0.15, 0.2) is 0 Å². The Morgan fingerprint density at radius 3 is 2.94 bits per heavy atom. The summed E-state index contributed by atoms with van der Waals surface area (Å²) in [6.45, 7) is 1.32. The van der Waals surface area contributed by atoms with Gasteiger partial charge in [0.2, 0.25) is 0 Å². The van der Waals surface area contributed by atoms with Gasteiger partial charge in [0.1, 0.15) is 18.1 Å². The van der Waals surface area contributed by atoms with Crippen LogP contribution in [0.1, 0.15) is 19.8 Å². The third-order valence-corrected chi connectivity index (χ3v) is 3.81. The predicted molar refractivity (Wildman–Crippen MR) is 51.6 cm³/mol. The minimum absolute atomic E-state index is 0.0162. The fraction of sp³-hybridized carbons (Fsp3) is 0.727. The van der Waals surface area contributed by atoms with Crippen LogP contribution in [0.4, 0.5) is 0 Å². The molecular weight excluding hydrogens is 228 g/mol. The predicted octanol–water partition coefficient (Wildman–Crippen LogP) is -0.203. The van der Waals surface area contributed by atoms with Crippen LogP contribution in [0.5, 0.6) is 0 Å². The van der Waals surface area contributed by atoms with Crippen molar-refractivity contribution >= 4 is 17.9 Å². The first-order valence-corrected chi connectivity index (χ1v) is 5.60. The zero-order valence-electron chi connectivity index (χ0n) is 9.30. The van der Waals surface area contributed by atoms with Crippen LogP contribution in [0.15, 0.2) is 0 Å². The van der Waals surface area contributed by atoms with Gasteiger partial charge in [-0.05, 0) is 12.8 Å². The van der Waals surface area contributed by atoms with Gasteiger partial charge in [-0.2, -0.15) is 0 Å². The van der Waals surface area contributed by atoms with Crippen molar-refractivity contribution in [1.82, 2.24) is 0 Å². The Morgan fingerprint density at radius 2 is 2.24 bits per heavy atom. The first kappa shape index (κ1) is 10.7. The van der Waals surface area contributed by atoms with Gasteiger partial charge in [0.25, 0.3) is 0 Å². The van der Waals surface area contributed by atoms with E-state index in [4.69, 9.17) is 9.47 Å². The number of fused-ring (bicyclic) bond motifs is 5. The Kier molecular flexibility index (Phi) is 2.07. The molecule has 92 valence electrons. The second-order valence-corrected chi connectivity index (χ2v) is 4.78. The first-order chi connectivity index (χ1) is 8.03. The van der Waals surface area contributed by atoms with E-state index < -0.39 is 35.3 Å². The molecule has 3 aliphatic heterocycles. The molecule has 3 saturated heterocycles. The van der Waals surface area contributed by atoms with E-state index in [1.165, 1.54) is 6.92 Å². The fourth-order valence-corrected chi connectivity index (χ4v) is 3.13. The van der Waals surface area contributed by atoms with Crippen molar-refractivity contribution in [3.05, 3.63) is 0 Å². The highest BCUT2D eigenvalue weighted by atomic mass is 16.6. The second kappa shape index (κ2) is 3.29. The lowest BCUT2D eigenvalue weighted by atomic mass is 9.73. The summed E-state index contributed by atoms with van der Waals surface area (Å²) in [6.07, 6.45) is 1.05. The molecule has 0 aromatic rings. The number of rotatable bonds is 2. The molecule has 0 aromatic carbocycles. The highest BCUT2D eigenvalue weighted by Crippen LogP contribution is 2.54. The van der Waals surface area contributed by atoms with E-state index in [1.807, 2.05) is 0 Å². The van der Waals surface area contributed by atoms with Gasteiger partial charge in [-0.3, -0.25) is 14.4 Å². The number of hydrogen-bond acceptors (Lipinski definition) is 6. The summed E-state index contributed by atoms with van der Waals surface area (Å²) in [4.78, 5) is 34.0. The van der Waals surface area contributed by atoms with Crippen LogP contribution in [-0.2, 0) is 28.6 Å². The van der Waals surface area contributed by atoms with E-state index in [9.17, 15) is 14.4 Å². The second-order valence-electron chi connectivity index (χ2n) is 4.78. The van der Waals surface area contributed by atoms with Crippen molar-refractivity contribution in [2.45, 2.75) is 31.5 Å². The number of cyclic esters (lactones) is 2. The molecule has 0 unspecified atom stereocenters. The van der Waals surface area contributed by atoms with E-state index >= 15 is 0 Å². The SMILES string of the molecule is CC(=O)OC[C@@]12CC[C@@H](O1)[C@H]1C(=O)OC(=O)[C@H]12. The Labute approximate surface area is 97.2 Å². The summed E-state index contributed by atoms with van der Waals surface area (Å²) in [7, 11) is 0. The molecule has 4 atom stereocenters. The molecule has 0 N–H and O–H groups in total. The normalized spacial score (nSPS) is 42.5. The van der Waals surface area contributed by atoms with Gasteiger partial charge >= 0.3 is 17.9 Å². The molecule has 0 saturated carbocycles. The molecule has 0 aliphatic carbocycles. The van der Waals surface area contributed by atoms with Gasteiger partial charge < -0.3 is 14.2 Å². The fourth-order valence-electron chi connectivity index (χ4n) is 3.13. The number of hydrogen-bond donors (Lipinski definition) is 0. The molecule has 0 spiro atoms. The topological polar surface area (TPSA) is 78.9 Å². The van der Waals surface area contributed by atoms with Crippen molar-refractivity contribution in [2.24, 2.45) is 11.8 Å². The van der Waals surface area contributed by atoms with E-state index in [1.54, 1.807) is 0 Å². The summed E-state index contributed by atoms with van der Waals surface area (Å²) in [5.74, 6) is -2.59. The van der Waals surface area contributed by atoms with Crippen molar-refractivity contribution in [2.75, 3.05) is 6.61 Å². The third-order valence-electron chi connectivity index (χ3n) is 3.81. The minimum Gasteiger partial charge on any atom is -0.463 e. The number of ether oxygens (including phenoxy) is 3. The molecular formula is C11H12O6. The highest BCUT2D eigenvalue weighted by Gasteiger charge is 2.69. The van der Waals surface area contributed by atoms with Crippen LogP contribution in [0.3, 0.4) is 0 Å². The average molecular weight is 240 g/mol. The van der Waals surface area contributed by atoms with Crippen LogP contribution >= 0.6 is 0 Å². The van der Waals surface area contributed by atoms with E-state index in [2.05, 4.69) is 4.74 Å². The molecule has 3 fully saturated rings. The Morgan fingerprint density at radius 1 is 1.47 bits per heavy atom. The van der Waals surface area contributed by atoms with Crippen molar-refractivity contribution in [3.8, 4) is 0 Å². The molecule has 3 aliphatic rings. The monoisotopic (exact) mass is 240 g/mol. The van der Waals surface area contributed by atoms with Gasteiger partial charge in [0.05, 0.1) is 12.0 Å². The maximum atomic E-state index is 11.6. The van der Waals surface area contributed by atoms with Gasteiger partial charge in [-0.25, -0.2) is 0 Å². The van der Waals surface area contributed by atoms with E-state index in [-0.39, 0.29) is 12.7 Å². The molecule has 0 aromatic heterocycles. The number of carbonyl (C=O) groups is 3. The van der Waals surface area contributed by atoms with Crippen LogP contribution in [0.25, 0.3) is 0 Å². The molecule has 3 heterocycles. The molecule has 17 heavy (non-hydrogen) atoms. The largest absolute Gasteiger partial charge is 0.463 e. The summed E-state index contributed by atoms with van der Waals surface area (Å²) in [6, 6.07) is 0. The summed E-state index contributed by atoms with van der Waals surface area (Å²) in [5, 5.41) is 0. The molecule has 3 rings (SSSR count). The van der Waals surface area contributed by atoms with Gasteiger partial charge in [0, 0.05) is 6.92 Å². The summed E-state index contributed by atoms with van der Waals surface area (Å²) >= 11 is 0. The molecule has 6 heteroatoms.